The number of nitrogens with one attached hydrogen (secondary N) is 1. The van der Waals surface area contributed by atoms with Gasteiger partial charge in [0.1, 0.15) is 17.1 Å². The molecule has 0 saturated carbocycles. The van der Waals surface area contributed by atoms with Gasteiger partial charge in [0.25, 0.3) is 5.91 Å². The molecule has 7 nitrogen and oxygen atoms in total. The van der Waals surface area contributed by atoms with Crippen molar-refractivity contribution in [3.63, 3.8) is 0 Å². The van der Waals surface area contributed by atoms with E-state index in [0.717, 1.165) is 0 Å². The molecule has 2 amide bonds. The normalized spacial score (nSPS) is 16.6. The topological polar surface area (TPSA) is 76.5 Å². The van der Waals surface area contributed by atoms with E-state index in [2.05, 4.69) is 10.3 Å². The van der Waals surface area contributed by atoms with E-state index >= 15 is 0 Å². The van der Waals surface area contributed by atoms with Crippen molar-refractivity contribution in [2.24, 2.45) is 0 Å². The monoisotopic (exact) mass is 390 g/mol. The molecule has 2 aromatic rings. The molecule has 0 bridgehead atoms. The first kappa shape index (κ1) is 19.2. The molecule has 0 spiro atoms. The first-order chi connectivity index (χ1) is 12.7. The lowest BCUT2D eigenvalue weighted by Crippen LogP contribution is -2.43. The first-order valence-corrected chi connectivity index (χ1v) is 9.13. The molecule has 1 aromatic carbocycles. The molecular weight excluding hydrogens is 368 g/mol. The van der Waals surface area contributed by atoms with Crippen LogP contribution in [0.15, 0.2) is 30.5 Å². The van der Waals surface area contributed by atoms with Crippen molar-refractivity contribution in [1.82, 2.24) is 14.5 Å². The maximum Gasteiger partial charge on any atom is 0.410 e. The quantitative estimate of drug-likeness (QED) is 0.837. The van der Waals surface area contributed by atoms with Crippen LogP contribution in [0.4, 0.5) is 10.5 Å². The Hall–Kier alpha value is -2.54. The fourth-order valence-corrected chi connectivity index (χ4v) is 3.21. The fourth-order valence-electron chi connectivity index (χ4n) is 3.03. The van der Waals surface area contributed by atoms with Crippen molar-refractivity contribution in [2.75, 3.05) is 11.9 Å². The van der Waals surface area contributed by atoms with E-state index in [9.17, 15) is 9.59 Å². The van der Waals surface area contributed by atoms with Crippen molar-refractivity contribution in [3.8, 4) is 0 Å². The van der Waals surface area contributed by atoms with Crippen LogP contribution in [-0.2, 0) is 11.3 Å². The second-order valence-electron chi connectivity index (χ2n) is 7.57. The van der Waals surface area contributed by atoms with Crippen molar-refractivity contribution in [3.05, 3.63) is 47.0 Å². The standard InChI is InChI=1S/C19H23ClN4O3/c1-12-10-23(18(26)27-19(2,3)4)11-16-21-9-15(24(12)16)17(25)22-14-8-6-5-7-13(14)20/h5-9,12H,10-11H2,1-4H3,(H,22,25). The van der Waals surface area contributed by atoms with Crippen LogP contribution < -0.4 is 5.32 Å². The van der Waals surface area contributed by atoms with Gasteiger partial charge in [0.15, 0.2) is 0 Å². The van der Waals surface area contributed by atoms with Gasteiger partial charge in [-0.15, -0.1) is 0 Å². The zero-order chi connectivity index (χ0) is 19.8. The second-order valence-corrected chi connectivity index (χ2v) is 7.98. The lowest BCUT2D eigenvalue weighted by molar-refractivity contribution is 0.0169. The Morgan fingerprint density at radius 3 is 2.67 bits per heavy atom. The SMILES string of the molecule is CC1CN(C(=O)OC(C)(C)C)Cc2ncc(C(=O)Nc3ccccc3Cl)n21. The number of carbonyl (C=O) groups is 2. The van der Waals surface area contributed by atoms with Crippen LogP contribution >= 0.6 is 11.6 Å². The molecular formula is C19H23ClN4O3. The second kappa shape index (κ2) is 7.23. The summed E-state index contributed by atoms with van der Waals surface area (Å²) in [5.74, 6) is 0.350. The molecule has 2 heterocycles. The molecule has 1 aliphatic heterocycles. The van der Waals surface area contributed by atoms with Crippen LogP contribution in [0.3, 0.4) is 0 Å². The van der Waals surface area contributed by atoms with Crippen LogP contribution in [-0.4, -0.2) is 38.6 Å². The van der Waals surface area contributed by atoms with E-state index in [1.807, 2.05) is 32.3 Å². The highest BCUT2D eigenvalue weighted by molar-refractivity contribution is 6.33. The summed E-state index contributed by atoms with van der Waals surface area (Å²) in [6.45, 7) is 8.15. The van der Waals surface area contributed by atoms with Gasteiger partial charge in [-0.3, -0.25) is 9.69 Å². The van der Waals surface area contributed by atoms with E-state index in [4.69, 9.17) is 16.3 Å². The number of hydrogen-bond acceptors (Lipinski definition) is 4. The Bertz CT molecular complexity index is 872. The Kier molecular flexibility index (Phi) is 5.15. The molecule has 1 N–H and O–H groups in total. The van der Waals surface area contributed by atoms with Gasteiger partial charge in [0.05, 0.1) is 29.5 Å². The lowest BCUT2D eigenvalue weighted by atomic mass is 10.2. The number of fused-ring (bicyclic) bond motifs is 1. The molecule has 144 valence electrons. The number of aromatic nitrogens is 2. The first-order valence-electron chi connectivity index (χ1n) is 8.75. The fraction of sp³-hybridized carbons (Fsp3) is 0.421. The van der Waals surface area contributed by atoms with E-state index < -0.39 is 5.60 Å². The van der Waals surface area contributed by atoms with Gasteiger partial charge < -0.3 is 14.6 Å². The molecule has 1 atom stereocenters. The van der Waals surface area contributed by atoms with Crippen molar-refractivity contribution < 1.29 is 14.3 Å². The number of nitrogens with zero attached hydrogens (tertiary/aromatic N) is 3. The van der Waals surface area contributed by atoms with Gasteiger partial charge in [0.2, 0.25) is 0 Å². The minimum atomic E-state index is -0.562. The summed E-state index contributed by atoms with van der Waals surface area (Å²) in [4.78, 5) is 31.0. The zero-order valence-corrected chi connectivity index (χ0v) is 16.6. The number of amides is 2. The summed E-state index contributed by atoms with van der Waals surface area (Å²) in [7, 11) is 0. The van der Waals surface area contributed by atoms with E-state index in [0.29, 0.717) is 35.3 Å². The third-order valence-corrected chi connectivity index (χ3v) is 4.47. The largest absolute Gasteiger partial charge is 0.444 e. The molecule has 0 radical (unpaired) electrons. The third kappa shape index (κ3) is 4.24. The van der Waals surface area contributed by atoms with Gasteiger partial charge in [-0.25, -0.2) is 9.78 Å². The predicted molar refractivity (Wildman–Crippen MR) is 103 cm³/mol. The predicted octanol–water partition coefficient (Wildman–Crippen LogP) is 4.10. The molecule has 27 heavy (non-hydrogen) atoms. The molecule has 0 saturated heterocycles. The average molecular weight is 391 g/mol. The summed E-state index contributed by atoms with van der Waals surface area (Å²) < 4.78 is 7.30. The molecule has 1 aromatic heterocycles. The Morgan fingerprint density at radius 1 is 1.30 bits per heavy atom. The summed E-state index contributed by atoms with van der Waals surface area (Å²) in [5, 5.41) is 3.28. The zero-order valence-electron chi connectivity index (χ0n) is 15.8. The summed E-state index contributed by atoms with van der Waals surface area (Å²) in [6.07, 6.45) is 1.14. The number of rotatable bonds is 2. The van der Waals surface area contributed by atoms with Crippen LogP contribution in [0, 0.1) is 0 Å². The van der Waals surface area contributed by atoms with Gasteiger partial charge in [-0.05, 0) is 39.8 Å². The molecule has 1 aliphatic rings. The maximum absolute atomic E-state index is 12.7. The number of hydrogen-bond donors (Lipinski definition) is 1. The van der Waals surface area contributed by atoms with Crippen molar-refractivity contribution >= 4 is 29.3 Å². The molecule has 0 aliphatic carbocycles. The molecule has 1 unspecified atom stereocenters. The Morgan fingerprint density at radius 2 is 2.00 bits per heavy atom. The number of imidazole rings is 1. The molecule has 8 heteroatoms. The highest BCUT2D eigenvalue weighted by Gasteiger charge is 2.32. The number of para-hydroxylation sites is 1. The van der Waals surface area contributed by atoms with Crippen LogP contribution in [0.25, 0.3) is 0 Å². The number of carbonyl (C=O) groups excluding carboxylic acids is 2. The summed E-state index contributed by atoms with van der Waals surface area (Å²) >= 11 is 6.11. The van der Waals surface area contributed by atoms with Gasteiger partial charge in [0, 0.05) is 6.54 Å². The maximum atomic E-state index is 12.7. The molecule has 0 fully saturated rings. The minimum absolute atomic E-state index is 0.115. The van der Waals surface area contributed by atoms with Crippen LogP contribution in [0.5, 0.6) is 0 Å². The summed E-state index contributed by atoms with van der Waals surface area (Å²) in [6, 6.07) is 6.93. The molecule has 3 rings (SSSR count). The Labute approximate surface area is 163 Å². The lowest BCUT2D eigenvalue weighted by Gasteiger charge is -2.34. The van der Waals surface area contributed by atoms with Gasteiger partial charge >= 0.3 is 6.09 Å². The minimum Gasteiger partial charge on any atom is -0.444 e. The van der Waals surface area contributed by atoms with E-state index in [-0.39, 0.29) is 18.0 Å². The van der Waals surface area contributed by atoms with Gasteiger partial charge in [-0.2, -0.15) is 0 Å². The number of ether oxygens (including phenoxy) is 1. The Balaban J connectivity index is 1.79. The average Bonchev–Trinajstić information content (AvgIpc) is 3.00. The highest BCUT2D eigenvalue weighted by atomic mass is 35.5. The van der Waals surface area contributed by atoms with Gasteiger partial charge in [-0.1, -0.05) is 23.7 Å². The summed E-state index contributed by atoms with van der Waals surface area (Å²) in [5.41, 5.74) is 0.410. The number of anilines is 1. The highest BCUT2D eigenvalue weighted by Crippen LogP contribution is 2.26. The van der Waals surface area contributed by atoms with E-state index in [1.165, 1.54) is 6.20 Å². The van der Waals surface area contributed by atoms with Crippen LogP contribution in [0.2, 0.25) is 5.02 Å². The van der Waals surface area contributed by atoms with E-state index in [1.54, 1.807) is 29.2 Å². The number of halogens is 1. The van der Waals surface area contributed by atoms with Crippen molar-refractivity contribution in [2.45, 2.75) is 45.9 Å². The third-order valence-electron chi connectivity index (χ3n) is 4.14. The number of benzene rings is 1. The van der Waals surface area contributed by atoms with Crippen LogP contribution in [0.1, 0.15) is 50.0 Å². The smallest absolute Gasteiger partial charge is 0.410 e. The van der Waals surface area contributed by atoms with Crippen molar-refractivity contribution in [1.29, 1.82) is 0 Å².